The van der Waals surface area contributed by atoms with Gasteiger partial charge in [0.15, 0.2) is 0 Å². The molecule has 2 fully saturated rings. The van der Waals surface area contributed by atoms with Crippen LogP contribution in [0.2, 0.25) is 19.6 Å². The first-order valence-electron chi connectivity index (χ1n) is 8.68. The maximum atomic E-state index is 12.6. The van der Waals surface area contributed by atoms with E-state index in [-0.39, 0.29) is 17.9 Å². The highest BCUT2D eigenvalue weighted by atomic mass is 28.3. The molecule has 1 N–H and O–H groups in total. The van der Waals surface area contributed by atoms with E-state index >= 15 is 0 Å². The molecule has 2 heterocycles. The number of ether oxygens (including phenoxy) is 1. The van der Waals surface area contributed by atoms with Crippen LogP contribution < -0.4 is 5.32 Å². The highest BCUT2D eigenvalue weighted by molar-refractivity contribution is 6.83. The minimum Gasteiger partial charge on any atom is -0.444 e. The molecule has 134 valence electrons. The van der Waals surface area contributed by atoms with Crippen LogP contribution in [0.4, 0.5) is 4.79 Å². The molecule has 2 rings (SSSR count). The van der Waals surface area contributed by atoms with E-state index in [0.29, 0.717) is 32.5 Å². The summed E-state index contributed by atoms with van der Waals surface area (Å²) in [5.74, 6) is 3.51. The third-order valence-electron chi connectivity index (χ3n) is 4.39. The second-order valence-electron chi connectivity index (χ2n) is 8.92. The molecule has 2 unspecified atom stereocenters. The number of carbonyl (C=O) groups is 2. The molecule has 0 bridgehead atoms. The third kappa shape index (κ3) is 4.40. The first kappa shape index (κ1) is 19.0. The van der Waals surface area contributed by atoms with E-state index in [9.17, 15) is 9.59 Å². The van der Waals surface area contributed by atoms with Gasteiger partial charge >= 0.3 is 6.09 Å². The number of amides is 1. The largest absolute Gasteiger partial charge is 0.444 e. The SMILES string of the molecule is CC(C)(C)OC(=O)N1CCC(=O)C2(CNC2CC#C[Si](C)(C)C)C1. The molecular formula is C18H30N2O3Si. The van der Waals surface area contributed by atoms with Crippen LogP contribution >= 0.6 is 0 Å². The Hall–Kier alpha value is -1.32. The first-order chi connectivity index (χ1) is 10.9. The maximum Gasteiger partial charge on any atom is 0.410 e. The first-order valence-corrected chi connectivity index (χ1v) is 12.2. The molecule has 2 atom stereocenters. The summed E-state index contributed by atoms with van der Waals surface area (Å²) < 4.78 is 5.47. The summed E-state index contributed by atoms with van der Waals surface area (Å²) in [6.07, 6.45) is 0.741. The lowest BCUT2D eigenvalue weighted by atomic mass is 9.66. The molecule has 1 spiro atoms. The van der Waals surface area contributed by atoms with Gasteiger partial charge in [-0.15, -0.1) is 11.5 Å². The molecule has 2 aliphatic rings. The highest BCUT2D eigenvalue weighted by Crippen LogP contribution is 2.38. The van der Waals surface area contributed by atoms with Crippen molar-refractivity contribution < 1.29 is 14.3 Å². The summed E-state index contributed by atoms with van der Waals surface area (Å²) in [7, 11) is -1.41. The Morgan fingerprint density at radius 3 is 2.58 bits per heavy atom. The van der Waals surface area contributed by atoms with Crippen molar-refractivity contribution in [3.63, 3.8) is 0 Å². The summed E-state index contributed by atoms with van der Waals surface area (Å²) in [5.41, 5.74) is 2.35. The van der Waals surface area contributed by atoms with Gasteiger partial charge in [-0.3, -0.25) is 4.79 Å². The average molecular weight is 351 g/mol. The molecule has 0 aromatic rings. The molecule has 2 aliphatic heterocycles. The van der Waals surface area contributed by atoms with Gasteiger partial charge in [0.05, 0.1) is 5.41 Å². The molecule has 2 saturated heterocycles. The normalized spacial score (nSPS) is 27.3. The fraction of sp³-hybridized carbons (Fsp3) is 0.778. The lowest BCUT2D eigenvalue weighted by molar-refractivity contribution is -0.141. The van der Waals surface area contributed by atoms with Crippen LogP contribution in [0.25, 0.3) is 0 Å². The lowest BCUT2D eigenvalue weighted by Crippen LogP contribution is -2.72. The predicted molar refractivity (Wildman–Crippen MR) is 97.4 cm³/mol. The number of likely N-dealkylation sites (tertiary alicyclic amines) is 1. The van der Waals surface area contributed by atoms with Gasteiger partial charge in [-0.2, -0.15) is 0 Å². The van der Waals surface area contributed by atoms with Crippen molar-refractivity contribution in [3.05, 3.63) is 0 Å². The molecule has 24 heavy (non-hydrogen) atoms. The van der Waals surface area contributed by atoms with Crippen molar-refractivity contribution in [1.82, 2.24) is 10.2 Å². The lowest BCUT2D eigenvalue weighted by Gasteiger charge is -2.53. The number of nitrogens with one attached hydrogen (secondary N) is 1. The van der Waals surface area contributed by atoms with Crippen LogP contribution in [-0.2, 0) is 9.53 Å². The summed E-state index contributed by atoms with van der Waals surface area (Å²) in [5, 5.41) is 3.34. The predicted octanol–water partition coefficient (Wildman–Crippen LogP) is 2.43. The number of rotatable bonds is 1. The van der Waals surface area contributed by atoms with Crippen LogP contribution in [0.15, 0.2) is 0 Å². The average Bonchev–Trinajstić information content (AvgIpc) is 2.39. The van der Waals surface area contributed by atoms with E-state index in [1.54, 1.807) is 4.90 Å². The molecule has 0 aromatic carbocycles. The monoisotopic (exact) mass is 350 g/mol. The molecular weight excluding hydrogens is 320 g/mol. The fourth-order valence-electron chi connectivity index (χ4n) is 3.11. The van der Waals surface area contributed by atoms with Gasteiger partial charge in [0.25, 0.3) is 0 Å². The van der Waals surface area contributed by atoms with Crippen LogP contribution in [0.3, 0.4) is 0 Å². The number of hydrogen-bond acceptors (Lipinski definition) is 4. The van der Waals surface area contributed by atoms with Gasteiger partial charge in [0, 0.05) is 38.5 Å². The number of piperidine rings is 1. The third-order valence-corrected chi connectivity index (χ3v) is 5.32. The van der Waals surface area contributed by atoms with Crippen molar-refractivity contribution in [2.75, 3.05) is 19.6 Å². The number of hydrogen-bond donors (Lipinski definition) is 1. The van der Waals surface area contributed by atoms with Gasteiger partial charge in [0.2, 0.25) is 0 Å². The van der Waals surface area contributed by atoms with Crippen molar-refractivity contribution in [2.24, 2.45) is 5.41 Å². The quantitative estimate of drug-likeness (QED) is 0.583. The molecule has 0 aromatic heterocycles. The van der Waals surface area contributed by atoms with Gasteiger partial charge in [0.1, 0.15) is 19.5 Å². The van der Waals surface area contributed by atoms with E-state index in [0.717, 1.165) is 0 Å². The number of Topliss-reactive ketones (excluding diaryl/α,β-unsaturated/α-hetero) is 1. The van der Waals surface area contributed by atoms with Gasteiger partial charge in [-0.25, -0.2) is 4.79 Å². The number of nitrogens with zero attached hydrogens (tertiary/aromatic N) is 1. The Balaban J connectivity index is 2.06. The topological polar surface area (TPSA) is 58.6 Å². The molecule has 5 nitrogen and oxygen atoms in total. The van der Waals surface area contributed by atoms with Crippen molar-refractivity contribution in [3.8, 4) is 11.5 Å². The fourth-order valence-corrected chi connectivity index (χ4v) is 3.75. The standard InChI is InChI=1S/C18H30N2O3Si/c1-17(2,3)23-16(22)20-10-9-15(21)18(13-20)12-19-14(18)8-7-11-24(4,5)6/h14,19H,8-10,12-13H2,1-6H3. The maximum absolute atomic E-state index is 12.6. The summed E-state index contributed by atoms with van der Waals surface area (Å²) in [4.78, 5) is 26.6. The molecule has 1 amide bonds. The minimum absolute atomic E-state index is 0.0408. The van der Waals surface area contributed by atoms with Crippen LogP contribution in [0, 0.1) is 16.9 Å². The van der Waals surface area contributed by atoms with Crippen LogP contribution in [-0.4, -0.2) is 56.1 Å². The summed E-state index contributed by atoms with van der Waals surface area (Å²) >= 11 is 0. The van der Waals surface area contributed by atoms with Gasteiger partial charge < -0.3 is 15.0 Å². The zero-order chi connectivity index (χ0) is 18.2. The second-order valence-corrected chi connectivity index (χ2v) is 13.7. The Bertz CT molecular complexity index is 580. The minimum atomic E-state index is -1.41. The van der Waals surface area contributed by atoms with Crippen LogP contribution in [0.1, 0.15) is 33.6 Å². The number of carbonyl (C=O) groups excluding carboxylic acids is 2. The molecule has 0 saturated carbocycles. The summed E-state index contributed by atoms with van der Waals surface area (Å²) in [6.45, 7) is 13.7. The van der Waals surface area contributed by atoms with Gasteiger partial charge in [-0.1, -0.05) is 19.6 Å². The Kier molecular flexibility index (Phi) is 5.17. The second kappa shape index (κ2) is 6.53. The van der Waals surface area contributed by atoms with E-state index in [4.69, 9.17) is 4.74 Å². The van der Waals surface area contributed by atoms with Crippen molar-refractivity contribution >= 4 is 20.0 Å². The van der Waals surface area contributed by atoms with E-state index < -0.39 is 19.1 Å². The highest BCUT2D eigenvalue weighted by Gasteiger charge is 2.55. The number of ketones is 1. The smallest absolute Gasteiger partial charge is 0.410 e. The van der Waals surface area contributed by atoms with Crippen LogP contribution in [0.5, 0.6) is 0 Å². The zero-order valence-electron chi connectivity index (χ0n) is 15.8. The van der Waals surface area contributed by atoms with E-state index in [1.807, 2.05) is 20.8 Å². The van der Waals surface area contributed by atoms with Crippen molar-refractivity contribution in [1.29, 1.82) is 0 Å². The Morgan fingerprint density at radius 2 is 2.08 bits per heavy atom. The van der Waals surface area contributed by atoms with E-state index in [1.165, 1.54) is 0 Å². The van der Waals surface area contributed by atoms with E-state index in [2.05, 4.69) is 36.4 Å². The Morgan fingerprint density at radius 1 is 1.42 bits per heavy atom. The molecule has 0 radical (unpaired) electrons. The molecule has 0 aliphatic carbocycles. The van der Waals surface area contributed by atoms with Gasteiger partial charge in [-0.05, 0) is 20.8 Å². The zero-order valence-corrected chi connectivity index (χ0v) is 16.8. The van der Waals surface area contributed by atoms with Crippen molar-refractivity contribution in [2.45, 2.75) is 64.9 Å². The summed E-state index contributed by atoms with van der Waals surface area (Å²) in [6, 6.07) is 0.0408. The molecule has 6 heteroatoms. The Labute approximate surface area is 146 Å².